The van der Waals surface area contributed by atoms with Gasteiger partial charge in [0.2, 0.25) is 0 Å². The van der Waals surface area contributed by atoms with Crippen LogP contribution < -0.4 is 20.3 Å². The van der Waals surface area contributed by atoms with Crippen LogP contribution in [0.15, 0.2) is 96.5 Å². The Balaban J connectivity index is 1.36. The number of para-hydroxylation sites is 2. The third kappa shape index (κ3) is 4.94. The van der Waals surface area contributed by atoms with Crippen molar-refractivity contribution in [3.8, 4) is 5.75 Å². The van der Waals surface area contributed by atoms with Crippen LogP contribution in [0.5, 0.6) is 5.75 Å². The molecule has 1 aliphatic rings. The molecule has 1 aliphatic heterocycles. The number of ether oxygens (including phenoxy) is 1. The molecule has 0 saturated carbocycles. The maximum absolute atomic E-state index is 13.5. The van der Waals surface area contributed by atoms with Gasteiger partial charge in [-0.3, -0.25) is 9.59 Å². The van der Waals surface area contributed by atoms with Crippen molar-refractivity contribution in [2.24, 2.45) is 0 Å². The summed E-state index contributed by atoms with van der Waals surface area (Å²) in [5.74, 6) is 0.757. The number of fused-ring (bicyclic) bond motifs is 2. The van der Waals surface area contributed by atoms with E-state index in [1.807, 2.05) is 96.1 Å². The van der Waals surface area contributed by atoms with E-state index in [0.717, 1.165) is 27.1 Å². The summed E-state index contributed by atoms with van der Waals surface area (Å²) in [4.78, 5) is 33.5. The highest BCUT2D eigenvalue weighted by Crippen LogP contribution is 2.39. The molecule has 0 bridgehead atoms. The summed E-state index contributed by atoms with van der Waals surface area (Å²) in [6.07, 6.45) is 1.55. The second-order valence-electron chi connectivity index (χ2n) is 9.27. The van der Waals surface area contributed by atoms with E-state index in [4.69, 9.17) is 9.72 Å². The Morgan fingerprint density at radius 1 is 0.974 bits per heavy atom. The molecule has 39 heavy (non-hydrogen) atoms. The zero-order valence-electron chi connectivity index (χ0n) is 21.3. The van der Waals surface area contributed by atoms with Crippen molar-refractivity contribution in [3.63, 3.8) is 0 Å². The zero-order valence-corrected chi connectivity index (χ0v) is 22.1. The van der Waals surface area contributed by atoms with Crippen LogP contribution in [0, 0.1) is 0 Å². The Morgan fingerprint density at radius 2 is 1.74 bits per heavy atom. The van der Waals surface area contributed by atoms with Crippen molar-refractivity contribution in [2.45, 2.75) is 13.0 Å². The molecule has 0 spiro atoms. The van der Waals surface area contributed by atoms with Gasteiger partial charge in [0, 0.05) is 21.7 Å². The molecule has 0 fully saturated rings. The van der Waals surface area contributed by atoms with E-state index < -0.39 is 0 Å². The summed E-state index contributed by atoms with van der Waals surface area (Å²) < 4.78 is 6.86. The van der Waals surface area contributed by atoms with Crippen molar-refractivity contribution < 1.29 is 14.3 Å². The van der Waals surface area contributed by atoms with E-state index in [0.29, 0.717) is 35.8 Å². The summed E-state index contributed by atoms with van der Waals surface area (Å²) in [6, 6.07) is 26.8. The van der Waals surface area contributed by atoms with Gasteiger partial charge in [-0.15, -0.1) is 11.3 Å². The monoisotopic (exact) mass is 534 g/mol. The first-order valence-corrected chi connectivity index (χ1v) is 13.6. The molecule has 8 heteroatoms. The SMILES string of the molecule is C[C@H](NC(=O)c1cnc(N2CCOc3ccccc32)c(NC(=O)c2csc3ccccc23)c1)c1ccccc1. The number of nitrogens with one attached hydrogen (secondary N) is 2. The van der Waals surface area contributed by atoms with Gasteiger partial charge in [-0.25, -0.2) is 4.98 Å². The lowest BCUT2D eigenvalue weighted by atomic mass is 10.1. The van der Waals surface area contributed by atoms with Crippen LogP contribution in [-0.4, -0.2) is 29.9 Å². The van der Waals surface area contributed by atoms with E-state index in [-0.39, 0.29) is 17.9 Å². The topological polar surface area (TPSA) is 83.6 Å². The molecule has 194 valence electrons. The number of aromatic nitrogens is 1. The van der Waals surface area contributed by atoms with Gasteiger partial charge in [0.25, 0.3) is 11.8 Å². The maximum Gasteiger partial charge on any atom is 0.257 e. The molecule has 0 aliphatic carbocycles. The summed E-state index contributed by atoms with van der Waals surface area (Å²) in [5, 5.41) is 8.83. The normalized spacial score (nSPS) is 13.3. The number of rotatable bonds is 6. The standard InChI is InChI=1S/C31H26N4O3S/c1-20(21-9-3-2-4-10-21)33-30(36)22-17-25(34-31(37)24-19-39-28-14-8-5-11-23(24)28)29(32-18-22)35-15-16-38-27-13-7-6-12-26(27)35/h2-14,17-20H,15-16H2,1H3,(H,33,36)(H,34,37)/t20-/m0/s1. The van der Waals surface area contributed by atoms with Crippen molar-refractivity contribution >= 4 is 50.4 Å². The highest BCUT2D eigenvalue weighted by molar-refractivity contribution is 7.17. The van der Waals surface area contributed by atoms with Crippen LogP contribution in [0.3, 0.4) is 0 Å². The summed E-state index contributed by atoms with van der Waals surface area (Å²) in [7, 11) is 0. The molecule has 2 aromatic heterocycles. The molecule has 2 N–H and O–H groups in total. The van der Waals surface area contributed by atoms with Crippen LogP contribution in [-0.2, 0) is 0 Å². The molecule has 0 radical (unpaired) electrons. The van der Waals surface area contributed by atoms with E-state index in [1.54, 1.807) is 12.3 Å². The molecule has 3 heterocycles. The van der Waals surface area contributed by atoms with Crippen LogP contribution in [0.4, 0.5) is 17.2 Å². The van der Waals surface area contributed by atoms with Gasteiger partial charge in [0.15, 0.2) is 5.82 Å². The Labute approximate surface area is 230 Å². The first-order valence-electron chi connectivity index (χ1n) is 12.7. The van der Waals surface area contributed by atoms with Gasteiger partial charge in [0.1, 0.15) is 12.4 Å². The molecule has 6 rings (SSSR count). The summed E-state index contributed by atoms with van der Waals surface area (Å²) in [5.41, 5.74) is 3.23. The predicted octanol–water partition coefficient (Wildman–Crippen LogP) is 6.57. The molecular formula is C31H26N4O3S. The highest BCUT2D eigenvalue weighted by atomic mass is 32.1. The Morgan fingerprint density at radius 3 is 2.62 bits per heavy atom. The average molecular weight is 535 g/mol. The van der Waals surface area contributed by atoms with Crippen molar-refractivity contribution in [1.82, 2.24) is 10.3 Å². The molecule has 5 aromatic rings. The fraction of sp³-hybridized carbons (Fsp3) is 0.129. The molecule has 0 unspecified atom stereocenters. The van der Waals surface area contributed by atoms with Crippen LogP contribution in [0.2, 0.25) is 0 Å². The second-order valence-corrected chi connectivity index (χ2v) is 10.2. The number of amides is 2. The van der Waals surface area contributed by atoms with E-state index >= 15 is 0 Å². The number of nitrogens with zero attached hydrogens (tertiary/aromatic N) is 2. The van der Waals surface area contributed by atoms with Gasteiger partial charge in [-0.05, 0) is 36.8 Å². The fourth-order valence-corrected chi connectivity index (χ4v) is 5.67. The number of pyridine rings is 1. The Bertz CT molecular complexity index is 1670. The second kappa shape index (κ2) is 10.6. The third-order valence-corrected chi connectivity index (χ3v) is 7.70. The fourth-order valence-electron chi connectivity index (χ4n) is 4.73. The van der Waals surface area contributed by atoms with Crippen molar-refractivity contribution in [2.75, 3.05) is 23.4 Å². The highest BCUT2D eigenvalue weighted by Gasteiger charge is 2.25. The minimum atomic E-state index is -0.274. The van der Waals surface area contributed by atoms with E-state index in [1.165, 1.54) is 11.3 Å². The molecule has 0 saturated heterocycles. The molecule has 1 atom stereocenters. The van der Waals surface area contributed by atoms with Crippen LogP contribution >= 0.6 is 11.3 Å². The van der Waals surface area contributed by atoms with Gasteiger partial charge in [-0.2, -0.15) is 0 Å². The predicted molar refractivity (Wildman–Crippen MR) is 155 cm³/mol. The number of hydrogen-bond donors (Lipinski definition) is 2. The number of carbonyl (C=O) groups is 2. The first-order chi connectivity index (χ1) is 19.1. The van der Waals surface area contributed by atoms with Crippen molar-refractivity contribution in [1.29, 1.82) is 0 Å². The number of thiophene rings is 1. The smallest absolute Gasteiger partial charge is 0.257 e. The molecule has 2 amide bonds. The van der Waals surface area contributed by atoms with Gasteiger partial charge in [0.05, 0.1) is 35.1 Å². The van der Waals surface area contributed by atoms with Gasteiger partial charge >= 0.3 is 0 Å². The Kier molecular flexibility index (Phi) is 6.69. The quantitative estimate of drug-likeness (QED) is 0.257. The van der Waals surface area contributed by atoms with Gasteiger partial charge < -0.3 is 20.3 Å². The van der Waals surface area contributed by atoms with Crippen LogP contribution in [0.1, 0.15) is 39.2 Å². The van der Waals surface area contributed by atoms with Crippen LogP contribution in [0.25, 0.3) is 10.1 Å². The number of benzene rings is 3. The Hall–Kier alpha value is -4.69. The lowest BCUT2D eigenvalue weighted by Crippen LogP contribution is -2.31. The van der Waals surface area contributed by atoms with E-state index in [2.05, 4.69) is 10.6 Å². The summed E-state index contributed by atoms with van der Waals surface area (Å²) >= 11 is 1.52. The number of carbonyl (C=O) groups excluding carboxylic acids is 2. The summed E-state index contributed by atoms with van der Waals surface area (Å²) in [6.45, 7) is 2.95. The lowest BCUT2D eigenvalue weighted by molar-refractivity contribution is 0.0938. The largest absolute Gasteiger partial charge is 0.490 e. The molecular weight excluding hydrogens is 508 g/mol. The molecule has 3 aromatic carbocycles. The minimum Gasteiger partial charge on any atom is -0.490 e. The number of hydrogen-bond acceptors (Lipinski definition) is 6. The maximum atomic E-state index is 13.5. The average Bonchev–Trinajstić information content (AvgIpc) is 3.42. The van der Waals surface area contributed by atoms with Crippen molar-refractivity contribution in [3.05, 3.63) is 113 Å². The number of anilines is 3. The lowest BCUT2D eigenvalue weighted by Gasteiger charge is -2.31. The van der Waals surface area contributed by atoms with Gasteiger partial charge in [-0.1, -0.05) is 60.7 Å². The zero-order chi connectivity index (χ0) is 26.8. The van der Waals surface area contributed by atoms with E-state index in [9.17, 15) is 9.59 Å². The molecule has 7 nitrogen and oxygen atoms in total. The minimum absolute atomic E-state index is 0.195. The third-order valence-electron chi connectivity index (χ3n) is 6.73. The first kappa shape index (κ1) is 24.6.